The van der Waals surface area contributed by atoms with E-state index >= 15 is 0 Å². The quantitative estimate of drug-likeness (QED) is 0.890. The van der Waals surface area contributed by atoms with Crippen LogP contribution in [0.2, 0.25) is 0 Å². The first-order valence-corrected chi connectivity index (χ1v) is 8.43. The molecule has 5 nitrogen and oxygen atoms in total. The van der Waals surface area contributed by atoms with Gasteiger partial charge in [-0.2, -0.15) is 0 Å². The standard InChI is InChI=1S/C15H14BrN3O2S/c1-9-7-17-15(22-9)18-14(21)10-5-13(20)19(8-10)12-4-2-3-11(16)6-12/h2-4,6-7,10H,5,8H2,1H3,(H,17,18,21)/t10-/m0/s1. The van der Waals surface area contributed by atoms with Crippen molar-refractivity contribution in [3.63, 3.8) is 0 Å². The lowest BCUT2D eigenvalue weighted by Gasteiger charge is -2.16. The van der Waals surface area contributed by atoms with Crippen LogP contribution in [0.3, 0.4) is 0 Å². The Kier molecular flexibility index (Phi) is 4.26. The van der Waals surface area contributed by atoms with Crippen LogP contribution >= 0.6 is 27.3 Å². The maximum absolute atomic E-state index is 12.3. The van der Waals surface area contributed by atoms with Crippen molar-refractivity contribution in [1.29, 1.82) is 0 Å². The van der Waals surface area contributed by atoms with Gasteiger partial charge in [0.25, 0.3) is 0 Å². The highest BCUT2D eigenvalue weighted by atomic mass is 79.9. The van der Waals surface area contributed by atoms with Gasteiger partial charge in [0, 0.05) is 34.2 Å². The molecule has 1 aliphatic heterocycles. The molecule has 1 aliphatic rings. The summed E-state index contributed by atoms with van der Waals surface area (Å²) in [6.45, 7) is 2.33. The average molecular weight is 380 g/mol. The zero-order valence-corrected chi connectivity index (χ0v) is 14.3. The molecule has 0 saturated carbocycles. The number of hydrogen-bond acceptors (Lipinski definition) is 4. The van der Waals surface area contributed by atoms with Crippen molar-refractivity contribution in [2.75, 3.05) is 16.8 Å². The van der Waals surface area contributed by atoms with Crippen molar-refractivity contribution < 1.29 is 9.59 Å². The molecule has 0 aliphatic carbocycles. The molecule has 1 aromatic carbocycles. The zero-order valence-electron chi connectivity index (χ0n) is 11.9. The third-order valence-corrected chi connectivity index (χ3v) is 4.79. The van der Waals surface area contributed by atoms with Crippen molar-refractivity contribution in [3.05, 3.63) is 39.8 Å². The lowest BCUT2D eigenvalue weighted by atomic mass is 10.1. The Hall–Kier alpha value is -1.73. The second-order valence-electron chi connectivity index (χ2n) is 5.15. The Morgan fingerprint density at radius 3 is 3.00 bits per heavy atom. The minimum absolute atomic E-state index is 0.0337. The number of halogens is 1. The van der Waals surface area contributed by atoms with Crippen LogP contribution in [-0.2, 0) is 9.59 Å². The molecule has 1 saturated heterocycles. The van der Waals surface area contributed by atoms with Gasteiger partial charge >= 0.3 is 0 Å². The average Bonchev–Trinajstić information content (AvgIpc) is 3.05. The maximum atomic E-state index is 12.3. The van der Waals surface area contributed by atoms with E-state index in [1.807, 2.05) is 31.2 Å². The molecule has 3 rings (SSSR count). The molecule has 0 radical (unpaired) electrons. The van der Waals surface area contributed by atoms with Crippen LogP contribution < -0.4 is 10.2 Å². The molecular formula is C15H14BrN3O2S. The zero-order chi connectivity index (χ0) is 15.7. The molecule has 0 unspecified atom stereocenters. The van der Waals surface area contributed by atoms with E-state index in [1.54, 1.807) is 11.1 Å². The summed E-state index contributed by atoms with van der Waals surface area (Å²) in [5.74, 6) is -0.538. The molecule has 114 valence electrons. The van der Waals surface area contributed by atoms with E-state index in [1.165, 1.54) is 11.3 Å². The van der Waals surface area contributed by atoms with Gasteiger partial charge in [0.1, 0.15) is 0 Å². The molecule has 0 spiro atoms. The summed E-state index contributed by atoms with van der Waals surface area (Å²) in [5.41, 5.74) is 0.805. The highest BCUT2D eigenvalue weighted by molar-refractivity contribution is 9.10. The first-order chi connectivity index (χ1) is 10.5. The van der Waals surface area contributed by atoms with E-state index in [2.05, 4.69) is 26.2 Å². The van der Waals surface area contributed by atoms with Gasteiger partial charge in [0.15, 0.2) is 5.13 Å². The van der Waals surface area contributed by atoms with E-state index in [9.17, 15) is 9.59 Å². The van der Waals surface area contributed by atoms with Crippen LogP contribution in [0.15, 0.2) is 34.9 Å². The number of nitrogens with one attached hydrogen (secondary N) is 1. The van der Waals surface area contributed by atoms with Crippen molar-refractivity contribution in [3.8, 4) is 0 Å². The number of rotatable bonds is 3. The fourth-order valence-electron chi connectivity index (χ4n) is 2.40. The monoisotopic (exact) mass is 379 g/mol. The number of carbonyl (C=O) groups is 2. The summed E-state index contributed by atoms with van der Waals surface area (Å²) in [4.78, 5) is 31.3. The summed E-state index contributed by atoms with van der Waals surface area (Å²) in [5, 5.41) is 3.37. The van der Waals surface area contributed by atoms with Gasteiger partial charge in [-0.1, -0.05) is 22.0 Å². The summed E-state index contributed by atoms with van der Waals surface area (Å²) in [6.07, 6.45) is 1.94. The molecule has 0 bridgehead atoms. The van der Waals surface area contributed by atoms with Crippen molar-refractivity contribution in [2.45, 2.75) is 13.3 Å². The summed E-state index contributed by atoms with van der Waals surface area (Å²) >= 11 is 4.82. The van der Waals surface area contributed by atoms with Gasteiger partial charge in [-0.15, -0.1) is 11.3 Å². The minimum Gasteiger partial charge on any atom is -0.312 e. The van der Waals surface area contributed by atoms with Crippen LogP contribution in [0, 0.1) is 12.8 Å². The predicted molar refractivity (Wildman–Crippen MR) is 90.1 cm³/mol. The van der Waals surface area contributed by atoms with Gasteiger partial charge in [0.2, 0.25) is 11.8 Å². The highest BCUT2D eigenvalue weighted by Crippen LogP contribution is 2.28. The van der Waals surface area contributed by atoms with Crippen LogP contribution in [0.5, 0.6) is 0 Å². The van der Waals surface area contributed by atoms with E-state index in [0.29, 0.717) is 11.7 Å². The topological polar surface area (TPSA) is 62.3 Å². The lowest BCUT2D eigenvalue weighted by Crippen LogP contribution is -2.28. The Morgan fingerprint density at radius 1 is 1.50 bits per heavy atom. The van der Waals surface area contributed by atoms with Crippen LogP contribution in [0.4, 0.5) is 10.8 Å². The summed E-state index contributed by atoms with van der Waals surface area (Å²) in [6, 6.07) is 7.52. The van der Waals surface area contributed by atoms with Gasteiger partial charge in [-0.25, -0.2) is 4.98 Å². The van der Waals surface area contributed by atoms with E-state index < -0.39 is 0 Å². The van der Waals surface area contributed by atoms with Crippen molar-refractivity contribution >= 4 is 49.9 Å². The number of hydrogen-bond donors (Lipinski definition) is 1. The Labute approximate surface area is 140 Å². The van der Waals surface area contributed by atoms with Gasteiger partial charge in [-0.05, 0) is 25.1 Å². The fourth-order valence-corrected chi connectivity index (χ4v) is 3.45. The highest BCUT2D eigenvalue weighted by Gasteiger charge is 2.35. The van der Waals surface area contributed by atoms with E-state index in [4.69, 9.17) is 0 Å². The number of benzene rings is 1. The Morgan fingerprint density at radius 2 is 2.32 bits per heavy atom. The number of amides is 2. The molecule has 1 atom stereocenters. The SMILES string of the molecule is Cc1cnc(NC(=O)[C@H]2CC(=O)N(c3cccc(Br)c3)C2)s1. The largest absolute Gasteiger partial charge is 0.312 e. The lowest BCUT2D eigenvalue weighted by molar-refractivity contribution is -0.122. The molecular weight excluding hydrogens is 366 g/mol. The minimum atomic E-state index is -0.351. The molecule has 2 amide bonds. The number of carbonyl (C=O) groups excluding carboxylic acids is 2. The summed E-state index contributed by atoms with van der Waals surface area (Å²) in [7, 11) is 0. The van der Waals surface area contributed by atoms with Gasteiger partial charge in [-0.3, -0.25) is 9.59 Å². The van der Waals surface area contributed by atoms with E-state index in [0.717, 1.165) is 15.0 Å². The second-order valence-corrected chi connectivity index (χ2v) is 7.30. The molecule has 1 N–H and O–H groups in total. The first-order valence-electron chi connectivity index (χ1n) is 6.82. The Balaban J connectivity index is 1.70. The summed E-state index contributed by atoms with van der Waals surface area (Å²) < 4.78 is 0.906. The van der Waals surface area contributed by atoms with Gasteiger partial charge < -0.3 is 10.2 Å². The van der Waals surface area contributed by atoms with E-state index in [-0.39, 0.29) is 24.2 Å². The van der Waals surface area contributed by atoms with Crippen molar-refractivity contribution in [2.24, 2.45) is 5.92 Å². The number of aryl methyl sites for hydroxylation is 1. The molecule has 22 heavy (non-hydrogen) atoms. The number of anilines is 2. The van der Waals surface area contributed by atoms with Crippen LogP contribution in [-0.4, -0.2) is 23.3 Å². The molecule has 2 aromatic rings. The van der Waals surface area contributed by atoms with Crippen LogP contribution in [0.1, 0.15) is 11.3 Å². The number of thiazole rings is 1. The third kappa shape index (κ3) is 3.20. The maximum Gasteiger partial charge on any atom is 0.231 e. The molecule has 7 heteroatoms. The molecule has 1 aromatic heterocycles. The predicted octanol–water partition coefficient (Wildman–Crippen LogP) is 3.21. The molecule has 1 fully saturated rings. The molecule has 2 heterocycles. The number of aromatic nitrogens is 1. The van der Waals surface area contributed by atoms with Crippen LogP contribution in [0.25, 0.3) is 0 Å². The fraction of sp³-hybridized carbons (Fsp3) is 0.267. The normalized spacial score (nSPS) is 17.8. The second kappa shape index (κ2) is 6.18. The Bertz CT molecular complexity index is 731. The third-order valence-electron chi connectivity index (χ3n) is 3.47. The first kappa shape index (κ1) is 15.2. The van der Waals surface area contributed by atoms with Gasteiger partial charge in [0.05, 0.1) is 5.92 Å². The van der Waals surface area contributed by atoms with Crippen molar-refractivity contribution in [1.82, 2.24) is 4.98 Å². The smallest absolute Gasteiger partial charge is 0.231 e. The number of nitrogens with zero attached hydrogens (tertiary/aromatic N) is 2.